The van der Waals surface area contributed by atoms with Crippen LogP contribution in [-0.2, 0) is 11.3 Å². The molecule has 156 valence electrons. The zero-order valence-electron chi connectivity index (χ0n) is 17.1. The van der Waals surface area contributed by atoms with Crippen LogP contribution in [-0.4, -0.2) is 40.0 Å². The molecule has 1 amide bonds. The van der Waals surface area contributed by atoms with Crippen molar-refractivity contribution >= 4 is 16.9 Å². The third kappa shape index (κ3) is 4.58. The maximum Gasteiger partial charge on any atom is 0.269 e. The zero-order chi connectivity index (χ0) is 20.9. The van der Waals surface area contributed by atoms with E-state index in [-0.39, 0.29) is 18.0 Å². The number of carbonyl (C=O) groups excluding carboxylic acids is 1. The molecule has 1 aromatic heterocycles. The summed E-state index contributed by atoms with van der Waals surface area (Å²) in [6.07, 6.45) is 4.18. The number of benzene rings is 2. The fraction of sp³-hybridized carbons (Fsp3) is 0.348. The number of hydrogen-bond donors (Lipinski definition) is 2. The lowest BCUT2D eigenvalue weighted by molar-refractivity contribution is -0.130. The van der Waals surface area contributed by atoms with Crippen molar-refractivity contribution in [3.05, 3.63) is 76.7 Å². The van der Waals surface area contributed by atoms with Gasteiger partial charge in [-0.2, -0.15) is 0 Å². The van der Waals surface area contributed by atoms with Gasteiger partial charge in [-0.15, -0.1) is 0 Å². The SMILES string of the molecule is CN(CCCC1CC(c2ccccc2)NN1)C(=O)Cn1c(=O)cnc2ccccc21. The molecule has 30 heavy (non-hydrogen) atoms. The van der Waals surface area contributed by atoms with E-state index in [4.69, 9.17) is 0 Å². The molecule has 2 heterocycles. The molecular weight excluding hydrogens is 378 g/mol. The van der Waals surface area contributed by atoms with Crippen LogP contribution in [0.1, 0.15) is 30.9 Å². The standard InChI is InChI=1S/C23H27N5O2/c1-27(13-7-10-18-14-20(26-25-18)17-8-3-2-4-9-17)23(30)16-28-21-12-6-5-11-19(21)24-15-22(28)29/h2-6,8-9,11-12,15,18,20,25-26H,7,10,13-14,16H2,1H3. The Kier molecular flexibility index (Phi) is 6.21. The van der Waals surface area contributed by atoms with Crippen molar-refractivity contribution < 1.29 is 4.79 Å². The van der Waals surface area contributed by atoms with Crippen LogP contribution in [0.5, 0.6) is 0 Å². The van der Waals surface area contributed by atoms with Crippen LogP contribution >= 0.6 is 0 Å². The van der Waals surface area contributed by atoms with Gasteiger partial charge < -0.3 is 4.90 Å². The van der Waals surface area contributed by atoms with Crippen molar-refractivity contribution in [1.29, 1.82) is 0 Å². The second kappa shape index (κ2) is 9.19. The van der Waals surface area contributed by atoms with E-state index in [2.05, 4.69) is 40.1 Å². The Morgan fingerprint density at radius 3 is 2.73 bits per heavy atom. The Morgan fingerprint density at radius 2 is 1.90 bits per heavy atom. The number of nitrogens with zero attached hydrogens (tertiary/aromatic N) is 3. The Hall–Kier alpha value is -3.03. The van der Waals surface area contributed by atoms with Crippen molar-refractivity contribution in [2.45, 2.75) is 37.9 Å². The fourth-order valence-corrected chi connectivity index (χ4v) is 3.95. The van der Waals surface area contributed by atoms with E-state index in [0.29, 0.717) is 29.7 Å². The largest absolute Gasteiger partial charge is 0.344 e. The molecule has 2 atom stereocenters. The number of amides is 1. The third-order valence-electron chi connectivity index (χ3n) is 5.70. The number of hydrazine groups is 1. The van der Waals surface area contributed by atoms with Gasteiger partial charge in [-0.3, -0.25) is 25.0 Å². The van der Waals surface area contributed by atoms with Crippen LogP contribution in [0.4, 0.5) is 0 Å². The molecule has 0 saturated carbocycles. The molecule has 1 aliphatic heterocycles. The molecule has 4 rings (SSSR count). The molecular formula is C23H27N5O2. The fourth-order valence-electron chi connectivity index (χ4n) is 3.95. The number of likely N-dealkylation sites (N-methyl/N-ethyl adjacent to an activating group) is 1. The number of carbonyl (C=O) groups is 1. The molecule has 0 bridgehead atoms. The third-order valence-corrected chi connectivity index (χ3v) is 5.70. The minimum Gasteiger partial charge on any atom is -0.344 e. The lowest BCUT2D eigenvalue weighted by Crippen LogP contribution is -2.35. The molecule has 2 unspecified atom stereocenters. The van der Waals surface area contributed by atoms with E-state index in [1.54, 1.807) is 11.9 Å². The Labute approximate surface area is 175 Å². The molecule has 0 radical (unpaired) electrons. The lowest BCUT2D eigenvalue weighted by Gasteiger charge is -2.19. The minimum absolute atomic E-state index is 0.0255. The van der Waals surface area contributed by atoms with Gasteiger partial charge in [-0.1, -0.05) is 42.5 Å². The first-order valence-corrected chi connectivity index (χ1v) is 10.4. The van der Waals surface area contributed by atoms with E-state index >= 15 is 0 Å². The number of hydrogen-bond acceptors (Lipinski definition) is 5. The quantitative estimate of drug-likeness (QED) is 0.630. The van der Waals surface area contributed by atoms with Crippen molar-refractivity contribution in [2.24, 2.45) is 0 Å². The van der Waals surface area contributed by atoms with Crippen LogP contribution in [0, 0.1) is 0 Å². The predicted octanol–water partition coefficient (Wildman–Crippen LogP) is 2.24. The molecule has 0 aliphatic carbocycles. The highest BCUT2D eigenvalue weighted by Crippen LogP contribution is 2.23. The van der Waals surface area contributed by atoms with Gasteiger partial charge in [-0.05, 0) is 37.0 Å². The zero-order valence-corrected chi connectivity index (χ0v) is 17.1. The maximum absolute atomic E-state index is 12.7. The van der Waals surface area contributed by atoms with Crippen molar-refractivity contribution in [3.63, 3.8) is 0 Å². The minimum atomic E-state index is -0.261. The lowest BCUT2D eigenvalue weighted by atomic mass is 10.00. The number of nitrogens with one attached hydrogen (secondary N) is 2. The summed E-state index contributed by atoms with van der Waals surface area (Å²) in [5.74, 6) is -0.0758. The predicted molar refractivity (Wildman–Crippen MR) is 117 cm³/mol. The summed E-state index contributed by atoms with van der Waals surface area (Å²) < 4.78 is 1.49. The number of rotatable bonds is 7. The van der Waals surface area contributed by atoms with Crippen molar-refractivity contribution in [2.75, 3.05) is 13.6 Å². The Balaban J connectivity index is 1.28. The summed E-state index contributed by atoms with van der Waals surface area (Å²) in [7, 11) is 1.80. The summed E-state index contributed by atoms with van der Waals surface area (Å²) in [5.41, 5.74) is 9.15. The summed E-state index contributed by atoms with van der Waals surface area (Å²) >= 11 is 0. The van der Waals surface area contributed by atoms with Crippen LogP contribution in [0.3, 0.4) is 0 Å². The van der Waals surface area contributed by atoms with Crippen LogP contribution in [0.2, 0.25) is 0 Å². The molecule has 7 nitrogen and oxygen atoms in total. The smallest absolute Gasteiger partial charge is 0.269 e. The highest BCUT2D eigenvalue weighted by molar-refractivity contribution is 5.79. The van der Waals surface area contributed by atoms with E-state index in [1.165, 1.54) is 16.3 Å². The number of para-hydroxylation sites is 2. The van der Waals surface area contributed by atoms with Gasteiger partial charge in [-0.25, -0.2) is 4.98 Å². The first kappa shape index (κ1) is 20.3. The van der Waals surface area contributed by atoms with E-state index in [9.17, 15) is 9.59 Å². The molecule has 7 heteroatoms. The normalized spacial score (nSPS) is 18.6. The summed E-state index contributed by atoms with van der Waals surface area (Å²) in [6, 6.07) is 18.5. The number of aromatic nitrogens is 2. The van der Waals surface area contributed by atoms with Gasteiger partial charge in [0.05, 0.1) is 17.2 Å². The molecule has 0 spiro atoms. The summed E-state index contributed by atoms with van der Waals surface area (Å²) in [4.78, 5) is 30.8. The van der Waals surface area contributed by atoms with Gasteiger partial charge in [0, 0.05) is 25.7 Å². The topological polar surface area (TPSA) is 79.3 Å². The Bertz CT molecular complexity index is 1070. The second-order valence-corrected chi connectivity index (χ2v) is 7.81. The van der Waals surface area contributed by atoms with Gasteiger partial charge in [0.1, 0.15) is 6.54 Å². The molecule has 3 aromatic rings. The summed E-state index contributed by atoms with van der Waals surface area (Å²) in [6.45, 7) is 0.683. The van der Waals surface area contributed by atoms with Crippen LogP contribution < -0.4 is 16.4 Å². The highest BCUT2D eigenvalue weighted by atomic mass is 16.2. The molecule has 2 N–H and O–H groups in total. The summed E-state index contributed by atoms with van der Waals surface area (Å²) in [5, 5.41) is 0. The number of fused-ring (bicyclic) bond motifs is 1. The van der Waals surface area contributed by atoms with Gasteiger partial charge in [0.2, 0.25) is 5.91 Å². The van der Waals surface area contributed by atoms with Gasteiger partial charge in [0.15, 0.2) is 0 Å². The van der Waals surface area contributed by atoms with Crippen molar-refractivity contribution in [3.8, 4) is 0 Å². The monoisotopic (exact) mass is 405 g/mol. The van der Waals surface area contributed by atoms with E-state index in [0.717, 1.165) is 19.3 Å². The van der Waals surface area contributed by atoms with Crippen molar-refractivity contribution in [1.82, 2.24) is 25.3 Å². The average molecular weight is 406 g/mol. The second-order valence-electron chi connectivity index (χ2n) is 7.81. The van der Waals surface area contributed by atoms with Crippen LogP contribution in [0.25, 0.3) is 11.0 Å². The highest BCUT2D eigenvalue weighted by Gasteiger charge is 2.24. The van der Waals surface area contributed by atoms with E-state index < -0.39 is 0 Å². The maximum atomic E-state index is 12.7. The van der Waals surface area contributed by atoms with Gasteiger partial charge in [0.25, 0.3) is 5.56 Å². The molecule has 1 fully saturated rings. The Morgan fingerprint density at radius 1 is 1.13 bits per heavy atom. The molecule has 1 saturated heterocycles. The van der Waals surface area contributed by atoms with Crippen LogP contribution in [0.15, 0.2) is 65.6 Å². The molecule has 2 aromatic carbocycles. The van der Waals surface area contributed by atoms with E-state index in [1.807, 2.05) is 30.3 Å². The first-order valence-electron chi connectivity index (χ1n) is 10.4. The first-order chi connectivity index (χ1) is 14.6. The molecule has 1 aliphatic rings. The average Bonchev–Trinajstić information content (AvgIpc) is 3.25. The van der Waals surface area contributed by atoms with Gasteiger partial charge >= 0.3 is 0 Å².